The predicted molar refractivity (Wildman–Crippen MR) is 106 cm³/mol. The van der Waals surface area contributed by atoms with E-state index in [0.29, 0.717) is 5.69 Å². The lowest BCUT2D eigenvalue weighted by Gasteiger charge is -2.15. The van der Waals surface area contributed by atoms with E-state index in [1.165, 1.54) is 18.2 Å². The monoisotopic (exact) mass is 434 g/mol. The molecule has 11 heteroatoms. The third kappa shape index (κ3) is 3.73. The summed E-state index contributed by atoms with van der Waals surface area (Å²) in [4.78, 5) is 24.7. The quantitative estimate of drug-likeness (QED) is 0.528. The summed E-state index contributed by atoms with van der Waals surface area (Å²) in [6, 6.07) is 8.36. The first kappa shape index (κ1) is 19.9. The Balaban J connectivity index is 1.92. The van der Waals surface area contributed by atoms with Crippen LogP contribution in [-0.4, -0.2) is 24.1 Å². The molecular formula is C19H14ClF3N6O. The van der Waals surface area contributed by atoms with Crippen molar-refractivity contribution in [1.29, 1.82) is 0 Å². The number of hydrogen-bond acceptors (Lipinski definition) is 5. The van der Waals surface area contributed by atoms with Gasteiger partial charge in [-0.25, -0.2) is 19.3 Å². The van der Waals surface area contributed by atoms with Crippen LogP contribution in [-0.2, 0) is 19.8 Å². The summed E-state index contributed by atoms with van der Waals surface area (Å²) in [6.07, 6.45) is -1.31. The zero-order valence-electron chi connectivity index (χ0n) is 15.5. The van der Waals surface area contributed by atoms with Crippen LogP contribution in [0.1, 0.15) is 11.4 Å². The first-order valence-corrected chi connectivity index (χ1v) is 9.08. The molecule has 30 heavy (non-hydrogen) atoms. The fourth-order valence-electron chi connectivity index (χ4n) is 2.98. The number of benzene rings is 1. The molecular weight excluding hydrogens is 421 g/mol. The Morgan fingerprint density at radius 1 is 1.13 bits per heavy atom. The first-order chi connectivity index (χ1) is 14.2. The van der Waals surface area contributed by atoms with Gasteiger partial charge in [-0.15, -0.1) is 0 Å². The van der Waals surface area contributed by atoms with E-state index < -0.39 is 17.6 Å². The lowest BCUT2D eigenvalue weighted by Crippen LogP contribution is -2.25. The van der Waals surface area contributed by atoms with Crippen molar-refractivity contribution in [2.75, 3.05) is 5.32 Å². The van der Waals surface area contributed by atoms with E-state index in [1.54, 1.807) is 36.3 Å². The number of pyridine rings is 1. The van der Waals surface area contributed by atoms with Crippen molar-refractivity contribution in [2.24, 2.45) is 7.05 Å². The summed E-state index contributed by atoms with van der Waals surface area (Å²) >= 11 is 6.18. The third-order valence-electron chi connectivity index (χ3n) is 4.32. The van der Waals surface area contributed by atoms with Crippen molar-refractivity contribution in [1.82, 2.24) is 24.1 Å². The number of nitrogens with one attached hydrogen (secondary N) is 1. The van der Waals surface area contributed by atoms with Crippen molar-refractivity contribution >= 4 is 28.5 Å². The van der Waals surface area contributed by atoms with Crippen molar-refractivity contribution < 1.29 is 13.2 Å². The summed E-state index contributed by atoms with van der Waals surface area (Å²) < 4.78 is 42.6. The Kier molecular flexibility index (Phi) is 4.94. The van der Waals surface area contributed by atoms with Crippen LogP contribution in [0.5, 0.6) is 0 Å². The highest BCUT2D eigenvalue weighted by Gasteiger charge is 2.33. The minimum absolute atomic E-state index is 0.102. The Morgan fingerprint density at radius 3 is 2.57 bits per heavy atom. The van der Waals surface area contributed by atoms with Crippen molar-refractivity contribution in [3.63, 3.8) is 0 Å². The van der Waals surface area contributed by atoms with Crippen LogP contribution in [0.25, 0.3) is 16.7 Å². The van der Waals surface area contributed by atoms with Crippen molar-refractivity contribution in [3.05, 3.63) is 75.8 Å². The number of rotatable bonds is 4. The van der Waals surface area contributed by atoms with Gasteiger partial charge in [0.05, 0.1) is 34.7 Å². The van der Waals surface area contributed by atoms with Crippen LogP contribution in [0.15, 0.2) is 53.7 Å². The average molecular weight is 435 g/mol. The third-order valence-corrected chi connectivity index (χ3v) is 4.64. The van der Waals surface area contributed by atoms with Gasteiger partial charge in [0.1, 0.15) is 11.5 Å². The predicted octanol–water partition coefficient (Wildman–Crippen LogP) is 3.80. The number of aromatic nitrogens is 5. The zero-order valence-corrected chi connectivity index (χ0v) is 16.2. The summed E-state index contributed by atoms with van der Waals surface area (Å²) in [6.45, 7) is 0.222. The summed E-state index contributed by atoms with van der Waals surface area (Å²) in [5, 5.41) is 3.37. The summed E-state index contributed by atoms with van der Waals surface area (Å²) in [7, 11) is 1.80. The maximum absolute atomic E-state index is 13.3. The van der Waals surface area contributed by atoms with E-state index in [4.69, 9.17) is 11.6 Å². The fourth-order valence-corrected chi connectivity index (χ4v) is 3.20. The van der Waals surface area contributed by atoms with Gasteiger partial charge in [-0.2, -0.15) is 18.2 Å². The van der Waals surface area contributed by atoms with E-state index in [-0.39, 0.29) is 34.1 Å². The molecule has 4 aromatic rings. The molecule has 1 N–H and O–H groups in total. The Bertz CT molecular complexity index is 1300. The van der Waals surface area contributed by atoms with Gasteiger partial charge in [0.25, 0.3) is 0 Å². The van der Waals surface area contributed by atoms with E-state index >= 15 is 0 Å². The molecule has 0 amide bonds. The minimum atomic E-state index is -4.68. The van der Waals surface area contributed by atoms with E-state index in [0.717, 1.165) is 10.6 Å². The van der Waals surface area contributed by atoms with Gasteiger partial charge in [0.15, 0.2) is 5.65 Å². The maximum atomic E-state index is 13.3. The highest BCUT2D eigenvalue weighted by molar-refractivity contribution is 6.32. The topological polar surface area (TPSA) is 77.6 Å². The molecule has 0 unspecified atom stereocenters. The Morgan fingerprint density at radius 2 is 1.90 bits per heavy atom. The van der Waals surface area contributed by atoms with Crippen LogP contribution < -0.4 is 11.0 Å². The number of anilines is 1. The number of para-hydroxylation sites is 1. The largest absolute Gasteiger partial charge is 0.433 e. The fraction of sp³-hybridized carbons (Fsp3) is 0.158. The molecule has 3 heterocycles. The second-order valence-electron chi connectivity index (χ2n) is 6.48. The van der Waals surface area contributed by atoms with Gasteiger partial charge in [-0.05, 0) is 24.3 Å². The molecule has 4 rings (SSSR count). The highest BCUT2D eigenvalue weighted by Crippen LogP contribution is 2.31. The molecule has 0 radical (unpaired) electrons. The summed E-state index contributed by atoms with van der Waals surface area (Å²) in [5.74, 6) is 0.102. The van der Waals surface area contributed by atoms with Crippen molar-refractivity contribution in [3.8, 4) is 5.69 Å². The highest BCUT2D eigenvalue weighted by atomic mass is 35.5. The number of aryl methyl sites for hydroxylation is 1. The average Bonchev–Trinajstić information content (AvgIpc) is 3.11. The Labute approximate surface area is 172 Å². The number of halogens is 4. The van der Waals surface area contributed by atoms with Crippen molar-refractivity contribution in [2.45, 2.75) is 12.7 Å². The molecule has 0 saturated carbocycles. The Hall–Kier alpha value is -3.40. The van der Waals surface area contributed by atoms with Crippen LogP contribution in [0.2, 0.25) is 5.02 Å². The number of imidazole rings is 1. The molecule has 0 aliphatic heterocycles. The molecule has 0 atom stereocenters. The molecule has 1 aromatic carbocycles. The lowest BCUT2D eigenvalue weighted by atomic mass is 10.2. The van der Waals surface area contributed by atoms with E-state index in [1.807, 2.05) is 0 Å². The van der Waals surface area contributed by atoms with E-state index in [2.05, 4.69) is 20.3 Å². The second-order valence-corrected chi connectivity index (χ2v) is 6.89. The zero-order chi connectivity index (χ0) is 21.5. The SMILES string of the molecule is Cn1cnc(CNc2nc(=O)n(-c3ccccc3Cl)c3nc(C(F)(F)F)ccc23)c1. The molecule has 0 aliphatic carbocycles. The van der Waals surface area contributed by atoms with Gasteiger partial charge in [-0.1, -0.05) is 23.7 Å². The van der Waals surface area contributed by atoms with Gasteiger partial charge in [0.2, 0.25) is 0 Å². The molecule has 0 fully saturated rings. The van der Waals surface area contributed by atoms with Gasteiger partial charge >= 0.3 is 11.9 Å². The molecule has 154 valence electrons. The van der Waals surface area contributed by atoms with Crippen LogP contribution in [0.3, 0.4) is 0 Å². The minimum Gasteiger partial charge on any atom is -0.364 e. The van der Waals surface area contributed by atoms with Gasteiger partial charge < -0.3 is 9.88 Å². The number of alkyl halides is 3. The molecule has 0 aliphatic rings. The molecule has 0 spiro atoms. The first-order valence-electron chi connectivity index (χ1n) is 8.70. The van der Waals surface area contributed by atoms with E-state index in [9.17, 15) is 18.0 Å². The number of hydrogen-bond donors (Lipinski definition) is 1. The molecule has 7 nitrogen and oxygen atoms in total. The van der Waals surface area contributed by atoms with Crippen LogP contribution >= 0.6 is 11.6 Å². The molecule has 0 saturated heterocycles. The molecule has 0 bridgehead atoms. The summed E-state index contributed by atoms with van der Waals surface area (Å²) in [5.41, 5.74) is -1.29. The normalized spacial score (nSPS) is 11.8. The molecule has 3 aromatic heterocycles. The van der Waals surface area contributed by atoms with Crippen LogP contribution in [0.4, 0.5) is 19.0 Å². The maximum Gasteiger partial charge on any atom is 0.433 e. The van der Waals surface area contributed by atoms with Gasteiger partial charge in [-0.3, -0.25) is 0 Å². The number of fused-ring (bicyclic) bond motifs is 1. The number of nitrogens with zero attached hydrogens (tertiary/aromatic N) is 5. The smallest absolute Gasteiger partial charge is 0.364 e. The second kappa shape index (κ2) is 7.45. The standard InChI is InChI=1S/C19H14ClF3N6O/c1-28-9-11(25-10-28)8-24-16-12-6-7-15(19(21,22)23)26-17(12)29(18(30)27-16)14-5-3-2-4-13(14)20/h2-7,9-10H,8H2,1H3,(H,24,27,30). The van der Waals surface area contributed by atoms with Crippen LogP contribution in [0, 0.1) is 0 Å². The van der Waals surface area contributed by atoms with Gasteiger partial charge in [0, 0.05) is 13.2 Å². The lowest BCUT2D eigenvalue weighted by molar-refractivity contribution is -0.141.